The molecular formula is C26H34F3N2O3+. The van der Waals surface area contributed by atoms with Gasteiger partial charge >= 0.3 is 12.1 Å². The molecule has 0 radical (unpaired) electrons. The largest absolute Gasteiger partial charge is 0.455 e. The third-order valence-electron chi connectivity index (χ3n) is 9.61. The summed E-state index contributed by atoms with van der Waals surface area (Å²) < 4.78 is 51.9. The number of hydrogen-bond donors (Lipinski definition) is 1. The molecule has 3 saturated heterocycles. The number of rotatable bonds is 3. The second-order valence-corrected chi connectivity index (χ2v) is 11.5. The number of benzene rings is 1. The Balaban J connectivity index is 1.14. The second kappa shape index (κ2) is 7.60. The van der Waals surface area contributed by atoms with Crippen LogP contribution in [0.4, 0.5) is 18.9 Å². The number of carbonyl (C=O) groups excluding carboxylic acids is 1. The second-order valence-electron chi connectivity index (χ2n) is 11.5. The van der Waals surface area contributed by atoms with Crippen LogP contribution in [0.2, 0.25) is 0 Å². The van der Waals surface area contributed by atoms with Crippen LogP contribution in [0.5, 0.6) is 0 Å². The molecule has 2 aliphatic carbocycles. The molecule has 3 heterocycles. The third kappa shape index (κ3) is 3.39. The zero-order valence-corrected chi connectivity index (χ0v) is 19.9. The summed E-state index contributed by atoms with van der Waals surface area (Å²) in [5.74, 6) is 0.962. The van der Waals surface area contributed by atoms with E-state index in [9.17, 15) is 18.0 Å². The molecule has 0 aromatic heterocycles. The number of nitrogens with zero attached hydrogens (tertiary/aromatic N) is 1. The summed E-state index contributed by atoms with van der Waals surface area (Å²) in [5.41, 5.74) is -0.581. The van der Waals surface area contributed by atoms with Gasteiger partial charge in [-0.3, -0.25) is 4.79 Å². The number of esters is 1. The van der Waals surface area contributed by atoms with Gasteiger partial charge in [-0.05, 0) is 56.7 Å². The molecule has 7 unspecified atom stereocenters. The van der Waals surface area contributed by atoms with Gasteiger partial charge in [0.05, 0.1) is 43.9 Å². The van der Waals surface area contributed by atoms with E-state index in [2.05, 4.69) is 13.8 Å². The van der Waals surface area contributed by atoms with Crippen molar-refractivity contribution in [2.75, 3.05) is 37.6 Å². The number of epoxide rings is 1. The van der Waals surface area contributed by atoms with E-state index < -0.39 is 17.3 Å². The molecule has 2 saturated carbocycles. The van der Waals surface area contributed by atoms with Crippen molar-refractivity contribution in [2.24, 2.45) is 23.7 Å². The van der Waals surface area contributed by atoms with Crippen LogP contribution in [0, 0.1) is 23.7 Å². The van der Waals surface area contributed by atoms with Crippen LogP contribution in [0.3, 0.4) is 0 Å². The van der Waals surface area contributed by atoms with Crippen molar-refractivity contribution in [3.63, 3.8) is 0 Å². The van der Waals surface area contributed by atoms with E-state index in [1.807, 2.05) is 4.90 Å². The lowest BCUT2D eigenvalue weighted by atomic mass is 9.55. The SMILES string of the molecule is CC1CCC2C(C[NH+]3CCN(c4cccc(C(F)(F)F)c4)CC3)C(=O)OC23C1CCC1(C)OC13. The highest BCUT2D eigenvalue weighted by molar-refractivity contribution is 5.77. The first-order valence-corrected chi connectivity index (χ1v) is 12.8. The van der Waals surface area contributed by atoms with Gasteiger partial charge in [-0.1, -0.05) is 13.0 Å². The monoisotopic (exact) mass is 479 g/mol. The van der Waals surface area contributed by atoms with E-state index in [1.165, 1.54) is 17.0 Å². The number of nitrogens with one attached hydrogen (secondary N) is 1. The molecule has 8 heteroatoms. The summed E-state index contributed by atoms with van der Waals surface area (Å²) in [4.78, 5) is 16.6. The maximum Gasteiger partial charge on any atom is 0.416 e. The van der Waals surface area contributed by atoms with Crippen LogP contribution in [-0.4, -0.2) is 56.0 Å². The van der Waals surface area contributed by atoms with Gasteiger partial charge < -0.3 is 19.3 Å². The molecule has 6 rings (SSSR count). The highest BCUT2D eigenvalue weighted by Gasteiger charge is 2.77. The molecule has 7 atom stereocenters. The molecule has 34 heavy (non-hydrogen) atoms. The van der Waals surface area contributed by atoms with Crippen LogP contribution >= 0.6 is 0 Å². The third-order valence-corrected chi connectivity index (χ3v) is 9.61. The molecule has 5 nitrogen and oxygen atoms in total. The number of anilines is 1. The van der Waals surface area contributed by atoms with Gasteiger partial charge in [-0.2, -0.15) is 13.2 Å². The molecule has 0 bridgehead atoms. The lowest BCUT2D eigenvalue weighted by Gasteiger charge is -2.50. The fourth-order valence-electron chi connectivity index (χ4n) is 7.76. The van der Waals surface area contributed by atoms with Gasteiger partial charge in [-0.25, -0.2) is 0 Å². The molecule has 1 N–H and O–H groups in total. The Morgan fingerprint density at radius 1 is 1.15 bits per heavy atom. The lowest BCUT2D eigenvalue weighted by molar-refractivity contribution is -0.903. The van der Waals surface area contributed by atoms with Crippen molar-refractivity contribution in [1.82, 2.24) is 0 Å². The Morgan fingerprint density at radius 2 is 1.91 bits per heavy atom. The maximum atomic E-state index is 13.2. The Morgan fingerprint density at radius 3 is 2.65 bits per heavy atom. The minimum Gasteiger partial charge on any atom is -0.455 e. The zero-order chi connectivity index (χ0) is 23.9. The smallest absolute Gasteiger partial charge is 0.416 e. The summed E-state index contributed by atoms with van der Waals surface area (Å²) >= 11 is 0. The van der Waals surface area contributed by atoms with Crippen molar-refractivity contribution in [1.29, 1.82) is 0 Å². The molecule has 1 spiro atoms. The molecule has 3 aliphatic heterocycles. The number of alkyl halides is 3. The number of piperazine rings is 1. The molecule has 186 valence electrons. The molecule has 1 aromatic carbocycles. The average Bonchev–Trinajstić information content (AvgIpc) is 3.43. The Kier molecular flexibility index (Phi) is 5.06. The standard InChI is InChI=1S/C26H33F3N2O3/c1-16-6-7-21-19(22(32)33-25(21)20(16)8-9-24(2)23(25)34-24)15-30-10-12-31(13-11-30)18-5-3-4-17(14-18)26(27,28)29/h3-5,14,16,19-21,23H,6-13,15H2,1-2H3/p+1. The number of quaternary nitrogens is 1. The topological polar surface area (TPSA) is 46.5 Å². The van der Waals surface area contributed by atoms with Gasteiger partial charge in [0.15, 0.2) is 0 Å². The number of carbonyl (C=O) groups is 1. The predicted molar refractivity (Wildman–Crippen MR) is 119 cm³/mol. The van der Waals surface area contributed by atoms with Crippen molar-refractivity contribution in [2.45, 2.75) is 63.0 Å². The van der Waals surface area contributed by atoms with Crippen molar-refractivity contribution < 1.29 is 32.3 Å². The van der Waals surface area contributed by atoms with Crippen LogP contribution in [0.25, 0.3) is 0 Å². The fourth-order valence-corrected chi connectivity index (χ4v) is 7.76. The lowest BCUT2D eigenvalue weighted by Crippen LogP contribution is -3.15. The van der Waals surface area contributed by atoms with Gasteiger partial charge in [0, 0.05) is 17.5 Å². The minimum absolute atomic E-state index is 0.0354. The van der Waals surface area contributed by atoms with E-state index in [4.69, 9.17) is 9.47 Å². The number of halogens is 3. The number of ether oxygens (including phenoxy) is 2. The zero-order valence-electron chi connectivity index (χ0n) is 19.9. The quantitative estimate of drug-likeness (QED) is 0.535. The van der Waals surface area contributed by atoms with Crippen molar-refractivity contribution in [3.8, 4) is 0 Å². The molecule has 5 fully saturated rings. The van der Waals surface area contributed by atoms with Gasteiger partial charge in [0.1, 0.15) is 17.6 Å². The number of hydrogen-bond acceptors (Lipinski definition) is 4. The van der Waals surface area contributed by atoms with Crippen molar-refractivity contribution >= 4 is 11.7 Å². The normalized spacial score (nSPS) is 42.0. The van der Waals surface area contributed by atoms with Crippen molar-refractivity contribution in [3.05, 3.63) is 29.8 Å². The van der Waals surface area contributed by atoms with Gasteiger partial charge in [0.25, 0.3) is 0 Å². The van der Waals surface area contributed by atoms with E-state index in [-0.39, 0.29) is 29.5 Å². The molecular weight excluding hydrogens is 445 g/mol. The summed E-state index contributed by atoms with van der Waals surface area (Å²) in [6, 6.07) is 5.58. The molecule has 0 amide bonds. The summed E-state index contributed by atoms with van der Waals surface area (Å²) in [6.07, 6.45) is -0.0510. The molecule has 5 aliphatic rings. The first-order chi connectivity index (χ1) is 16.1. The van der Waals surface area contributed by atoms with E-state index in [0.717, 1.165) is 51.4 Å². The van der Waals surface area contributed by atoms with Crippen LogP contribution in [-0.2, 0) is 20.4 Å². The van der Waals surface area contributed by atoms with Gasteiger partial charge in [0.2, 0.25) is 0 Å². The maximum absolute atomic E-state index is 13.2. The first-order valence-electron chi connectivity index (χ1n) is 12.8. The predicted octanol–water partition coefficient (Wildman–Crippen LogP) is 2.94. The van der Waals surface area contributed by atoms with E-state index in [1.54, 1.807) is 6.07 Å². The summed E-state index contributed by atoms with van der Waals surface area (Å²) in [5, 5.41) is 0. The summed E-state index contributed by atoms with van der Waals surface area (Å²) in [6.45, 7) is 8.17. The highest BCUT2D eigenvalue weighted by Crippen LogP contribution is 2.66. The Bertz CT molecular complexity index is 978. The average molecular weight is 480 g/mol. The molecule has 1 aromatic rings. The van der Waals surface area contributed by atoms with Crippen LogP contribution in [0.15, 0.2) is 24.3 Å². The highest BCUT2D eigenvalue weighted by atomic mass is 19.4. The number of fused-ring (bicyclic) bond motifs is 1. The van der Waals surface area contributed by atoms with E-state index in [0.29, 0.717) is 30.6 Å². The van der Waals surface area contributed by atoms with E-state index >= 15 is 0 Å². The Labute approximate surface area is 198 Å². The Hall–Kier alpha value is -1.80. The van der Waals surface area contributed by atoms with Crippen LogP contribution in [0.1, 0.15) is 45.1 Å². The summed E-state index contributed by atoms with van der Waals surface area (Å²) in [7, 11) is 0. The van der Waals surface area contributed by atoms with Crippen LogP contribution < -0.4 is 9.80 Å². The van der Waals surface area contributed by atoms with Gasteiger partial charge in [-0.15, -0.1) is 0 Å². The fraction of sp³-hybridized carbons (Fsp3) is 0.731. The first kappa shape index (κ1) is 22.7. The minimum atomic E-state index is -4.34.